The Kier molecular flexibility index (Phi) is 1.78. The zero-order valence-electron chi connectivity index (χ0n) is 7.24. The number of aromatic nitrogens is 2. The van der Waals surface area contributed by atoms with Crippen molar-refractivity contribution in [1.82, 2.24) is 10.2 Å². The molecule has 5 N–H and O–H groups in total. The molecular formula is C9H9N3O2. The van der Waals surface area contributed by atoms with Crippen molar-refractivity contribution in [2.24, 2.45) is 0 Å². The van der Waals surface area contributed by atoms with Crippen molar-refractivity contribution < 1.29 is 5.11 Å². The highest BCUT2D eigenvalue weighted by Gasteiger charge is 2.10. The number of benzene rings is 1. The highest BCUT2D eigenvalue weighted by molar-refractivity contribution is 5.76. The predicted octanol–water partition coefficient (Wildman–Crippen LogP) is 0.658. The average Bonchev–Trinajstić information content (AvgIpc) is 2.49. The Balaban J connectivity index is 2.66. The van der Waals surface area contributed by atoms with E-state index >= 15 is 0 Å². The van der Waals surface area contributed by atoms with Crippen LogP contribution in [0.5, 0.6) is 5.75 Å². The molecule has 0 bridgehead atoms. The van der Waals surface area contributed by atoms with Crippen LogP contribution < -0.4 is 11.3 Å². The molecule has 0 saturated carbocycles. The van der Waals surface area contributed by atoms with Gasteiger partial charge in [0, 0.05) is 5.56 Å². The van der Waals surface area contributed by atoms with E-state index in [1.807, 2.05) is 0 Å². The molecule has 0 atom stereocenters. The number of aromatic amines is 2. The molecule has 72 valence electrons. The first-order chi connectivity index (χ1) is 6.70. The molecule has 0 radical (unpaired) electrons. The lowest BCUT2D eigenvalue weighted by atomic mass is 10.1. The van der Waals surface area contributed by atoms with Crippen LogP contribution in [-0.4, -0.2) is 15.3 Å². The predicted molar refractivity (Wildman–Crippen MR) is 52.9 cm³/mol. The van der Waals surface area contributed by atoms with Gasteiger partial charge in [0.25, 0.3) is 5.56 Å². The number of phenols is 1. The fourth-order valence-electron chi connectivity index (χ4n) is 1.26. The molecule has 5 heteroatoms. The minimum atomic E-state index is -0.386. The van der Waals surface area contributed by atoms with Gasteiger partial charge in [-0.15, -0.1) is 0 Å². The van der Waals surface area contributed by atoms with Crippen LogP contribution in [0.15, 0.2) is 29.1 Å². The standard InChI is InChI=1S/C9H9N3O2/c10-7-8(11-12-9(7)14)5-3-1-2-4-6(5)13/h1-4,13H,10H2,(H2,11,12,14). The average molecular weight is 191 g/mol. The molecule has 0 aliphatic rings. The van der Waals surface area contributed by atoms with Crippen molar-refractivity contribution in [2.75, 3.05) is 5.73 Å². The maximum atomic E-state index is 11.0. The van der Waals surface area contributed by atoms with Crippen molar-refractivity contribution in [3.8, 4) is 17.0 Å². The van der Waals surface area contributed by atoms with Gasteiger partial charge in [0.05, 0.1) is 5.69 Å². The van der Waals surface area contributed by atoms with Crippen LogP contribution >= 0.6 is 0 Å². The van der Waals surface area contributed by atoms with Gasteiger partial charge in [-0.25, -0.2) is 0 Å². The van der Waals surface area contributed by atoms with E-state index in [1.165, 1.54) is 6.07 Å². The maximum Gasteiger partial charge on any atom is 0.287 e. The summed E-state index contributed by atoms with van der Waals surface area (Å²) < 4.78 is 0. The number of anilines is 1. The second-order valence-electron chi connectivity index (χ2n) is 2.88. The van der Waals surface area contributed by atoms with Crippen LogP contribution in [0.2, 0.25) is 0 Å². The highest BCUT2D eigenvalue weighted by atomic mass is 16.3. The van der Waals surface area contributed by atoms with Crippen LogP contribution in [0.1, 0.15) is 0 Å². The van der Waals surface area contributed by atoms with Crippen LogP contribution in [0.25, 0.3) is 11.3 Å². The van der Waals surface area contributed by atoms with Crippen LogP contribution in [0.4, 0.5) is 5.69 Å². The Hall–Kier alpha value is -2.17. The van der Waals surface area contributed by atoms with Crippen LogP contribution in [0, 0.1) is 0 Å². The third-order valence-electron chi connectivity index (χ3n) is 1.99. The summed E-state index contributed by atoms with van der Waals surface area (Å²) in [6.07, 6.45) is 0. The Bertz CT molecular complexity index is 513. The van der Waals surface area contributed by atoms with Gasteiger partial charge in [-0.2, -0.15) is 0 Å². The smallest absolute Gasteiger partial charge is 0.287 e. The Morgan fingerprint density at radius 3 is 2.50 bits per heavy atom. The number of rotatable bonds is 1. The van der Waals surface area contributed by atoms with Crippen LogP contribution in [-0.2, 0) is 0 Å². The van der Waals surface area contributed by atoms with Crippen LogP contribution in [0.3, 0.4) is 0 Å². The van der Waals surface area contributed by atoms with E-state index in [4.69, 9.17) is 5.73 Å². The van der Waals surface area contributed by atoms with E-state index in [2.05, 4.69) is 10.2 Å². The molecule has 0 unspecified atom stereocenters. The SMILES string of the molecule is Nc1c(-c2ccccc2O)[nH][nH]c1=O. The van der Waals surface area contributed by atoms with Crippen molar-refractivity contribution in [1.29, 1.82) is 0 Å². The summed E-state index contributed by atoms with van der Waals surface area (Å²) >= 11 is 0. The van der Waals surface area contributed by atoms with Gasteiger partial charge in [-0.3, -0.25) is 15.0 Å². The summed E-state index contributed by atoms with van der Waals surface area (Å²) in [5, 5.41) is 14.5. The lowest BCUT2D eigenvalue weighted by molar-refractivity contribution is 0.477. The van der Waals surface area contributed by atoms with Gasteiger partial charge in [-0.1, -0.05) is 12.1 Å². The topological polar surface area (TPSA) is 94.9 Å². The number of hydrogen-bond acceptors (Lipinski definition) is 3. The van der Waals surface area contributed by atoms with E-state index in [9.17, 15) is 9.90 Å². The highest BCUT2D eigenvalue weighted by Crippen LogP contribution is 2.28. The van der Waals surface area contributed by atoms with Gasteiger partial charge in [-0.05, 0) is 12.1 Å². The quantitative estimate of drug-likeness (QED) is 0.533. The molecular weight excluding hydrogens is 182 g/mol. The van der Waals surface area contributed by atoms with Crippen molar-refractivity contribution in [3.63, 3.8) is 0 Å². The first kappa shape index (κ1) is 8.43. The minimum Gasteiger partial charge on any atom is -0.507 e. The van der Waals surface area contributed by atoms with Gasteiger partial charge in [0.1, 0.15) is 11.4 Å². The molecule has 0 saturated heterocycles. The summed E-state index contributed by atoms with van der Waals surface area (Å²) in [5.41, 5.74) is 6.12. The molecule has 0 spiro atoms. The molecule has 14 heavy (non-hydrogen) atoms. The monoisotopic (exact) mass is 191 g/mol. The maximum absolute atomic E-state index is 11.0. The molecule has 1 aromatic carbocycles. The zero-order chi connectivity index (χ0) is 10.1. The summed E-state index contributed by atoms with van der Waals surface area (Å²) in [5.74, 6) is 0.0782. The fourth-order valence-corrected chi connectivity index (χ4v) is 1.26. The van der Waals surface area contributed by atoms with E-state index < -0.39 is 0 Å². The van der Waals surface area contributed by atoms with E-state index in [0.717, 1.165) is 0 Å². The molecule has 2 aromatic rings. The molecule has 2 rings (SSSR count). The molecule has 0 fully saturated rings. The summed E-state index contributed by atoms with van der Waals surface area (Å²) in [6.45, 7) is 0. The largest absolute Gasteiger partial charge is 0.507 e. The summed E-state index contributed by atoms with van der Waals surface area (Å²) in [6, 6.07) is 6.64. The van der Waals surface area contributed by atoms with E-state index in [1.54, 1.807) is 18.2 Å². The fraction of sp³-hybridized carbons (Fsp3) is 0. The summed E-state index contributed by atoms with van der Waals surface area (Å²) in [7, 11) is 0. The van der Waals surface area contributed by atoms with Gasteiger partial charge < -0.3 is 10.8 Å². The van der Waals surface area contributed by atoms with E-state index in [-0.39, 0.29) is 17.0 Å². The van der Waals surface area contributed by atoms with Gasteiger partial charge in [0.2, 0.25) is 0 Å². The number of nitrogen functional groups attached to an aromatic ring is 1. The lowest BCUT2D eigenvalue weighted by Gasteiger charge is -2.01. The normalized spacial score (nSPS) is 10.3. The number of phenolic OH excluding ortho intramolecular Hbond substituents is 1. The molecule has 1 aromatic heterocycles. The number of para-hydroxylation sites is 1. The molecule has 5 nitrogen and oxygen atoms in total. The second-order valence-corrected chi connectivity index (χ2v) is 2.88. The van der Waals surface area contributed by atoms with E-state index in [0.29, 0.717) is 11.3 Å². The third-order valence-corrected chi connectivity index (χ3v) is 1.99. The number of aromatic hydroxyl groups is 1. The summed E-state index contributed by atoms with van der Waals surface area (Å²) in [4.78, 5) is 11.0. The number of hydrogen-bond donors (Lipinski definition) is 4. The Morgan fingerprint density at radius 2 is 1.93 bits per heavy atom. The number of nitrogens with one attached hydrogen (secondary N) is 2. The minimum absolute atomic E-state index is 0.0755. The third kappa shape index (κ3) is 1.15. The van der Waals surface area contributed by atoms with Gasteiger partial charge >= 0.3 is 0 Å². The molecule has 0 aliphatic carbocycles. The lowest BCUT2D eigenvalue weighted by Crippen LogP contribution is -2.04. The van der Waals surface area contributed by atoms with Crippen molar-refractivity contribution in [3.05, 3.63) is 34.6 Å². The molecule has 0 amide bonds. The number of nitrogens with two attached hydrogens (primary N) is 1. The first-order valence-corrected chi connectivity index (χ1v) is 4.04. The zero-order valence-corrected chi connectivity index (χ0v) is 7.24. The molecule has 0 aliphatic heterocycles. The van der Waals surface area contributed by atoms with Crippen molar-refractivity contribution >= 4 is 5.69 Å². The Labute approximate surface area is 79.2 Å². The Morgan fingerprint density at radius 1 is 1.21 bits per heavy atom. The first-order valence-electron chi connectivity index (χ1n) is 4.04. The number of H-pyrrole nitrogens is 2. The second kappa shape index (κ2) is 2.95. The van der Waals surface area contributed by atoms with Crippen molar-refractivity contribution in [2.45, 2.75) is 0 Å². The van der Waals surface area contributed by atoms with Gasteiger partial charge in [0.15, 0.2) is 0 Å². The molecule has 1 heterocycles.